The summed E-state index contributed by atoms with van der Waals surface area (Å²) < 4.78 is 7.66. The van der Waals surface area contributed by atoms with Crippen molar-refractivity contribution in [2.45, 2.75) is 157 Å². The van der Waals surface area contributed by atoms with E-state index < -0.39 is 0 Å². The standard InChI is InChI=1S/C111H99BN12/c1-106(2,3)70-46-34-64(35-47-70)97-113-98(65-36-48-71(49-37-65)107(4,5)6)117-103(116-97)79-29-25-33-87-90(79)76-26-19-22-30-84(76)122(87)89-63-62-88-93-96(89)124-86-32-24-21-28-78(86)92-81(105-120-101(68-42-54-74(55-43-68)110(13,14)15)115-102(121-105)69-44-56-75(57-45-69)111(16,17)18)59-61-83(95(92)124)112(93)82-60-58-80(91-77-27-20-23-31-85(77)123(88)94(82)91)104-118-99(66-38-50-72(51-39-66)108(7,8)9)114-100(119-104)67-40-52-73(53-41-67)109(10,11)12/h19-63H,1-18H3. The van der Waals surface area contributed by atoms with E-state index in [2.05, 4.69) is 411 Å². The van der Waals surface area contributed by atoms with Crippen LogP contribution in [0, 0.1) is 0 Å². The first-order valence-electron chi connectivity index (χ1n) is 43.5. The Balaban J connectivity index is 0.847. The SMILES string of the molecule is CC(C)(C)c1ccc(-c2nc(-c3ccc(C(C)(C)C)cc3)nc(-c3cccc4c3c3ccccc3n4-c3ccc4c5c3-n3c6ccccc6c6c(-c7nc(-c8ccc(C(C)(C)C)cc8)nc(-c8ccc(C(C)(C)C)cc8)n7)ccc(c63)B5c3ccc(-c5nc(-c6ccc(C(C)(C)C)cc6)nc(-c6ccc(C(C)(C)C)cc6)n5)c5c6ccccc6n-4c35)n2)cc1. The Hall–Kier alpha value is -13.6. The molecule has 0 saturated heterocycles. The molecule has 0 unspecified atom stereocenters. The van der Waals surface area contributed by atoms with E-state index in [1.54, 1.807) is 0 Å². The molecule has 0 aliphatic carbocycles. The zero-order chi connectivity index (χ0) is 85.7. The van der Waals surface area contributed by atoms with Crippen LogP contribution in [0.15, 0.2) is 273 Å². The van der Waals surface area contributed by atoms with Crippen LogP contribution in [0.3, 0.4) is 0 Å². The van der Waals surface area contributed by atoms with Crippen molar-refractivity contribution in [3.8, 4) is 120 Å². The molecule has 0 N–H and O–H groups in total. The first-order valence-corrected chi connectivity index (χ1v) is 43.5. The van der Waals surface area contributed by atoms with Crippen LogP contribution in [-0.4, -0.2) is 65.3 Å². The average Bonchev–Trinajstić information content (AvgIpc) is 1.48. The van der Waals surface area contributed by atoms with E-state index >= 15 is 0 Å². The van der Waals surface area contributed by atoms with E-state index in [9.17, 15) is 0 Å². The second-order valence-corrected chi connectivity index (χ2v) is 40.3. The van der Waals surface area contributed by atoms with Crippen molar-refractivity contribution in [2.24, 2.45) is 0 Å². The van der Waals surface area contributed by atoms with Crippen LogP contribution in [-0.2, 0) is 32.5 Å². The molecule has 0 bridgehead atoms. The van der Waals surface area contributed by atoms with Crippen molar-refractivity contribution in [1.82, 2.24) is 58.6 Å². The lowest BCUT2D eigenvalue weighted by atomic mass is 9.34. The van der Waals surface area contributed by atoms with Gasteiger partial charge >= 0.3 is 0 Å². The number of hydrogen-bond donors (Lipinski definition) is 0. The number of aromatic nitrogens is 12. The second kappa shape index (κ2) is 27.9. The molecular formula is C111H99BN12. The van der Waals surface area contributed by atoms with Crippen molar-refractivity contribution in [3.63, 3.8) is 0 Å². The molecule has 13 heteroatoms. The van der Waals surface area contributed by atoms with Gasteiger partial charge in [0.15, 0.2) is 52.4 Å². The normalized spacial score (nSPS) is 13.1. The van der Waals surface area contributed by atoms with Crippen LogP contribution in [0.2, 0.25) is 0 Å². The van der Waals surface area contributed by atoms with Gasteiger partial charge in [-0.3, -0.25) is 0 Å². The zero-order valence-corrected chi connectivity index (χ0v) is 73.9. The lowest BCUT2D eigenvalue weighted by Crippen LogP contribution is -2.59. The summed E-state index contributed by atoms with van der Waals surface area (Å²) in [4.78, 5) is 49.8. The molecule has 0 atom stereocenters. The lowest BCUT2D eigenvalue weighted by molar-refractivity contribution is 0.590. The molecule has 21 rings (SSSR count). The maximum atomic E-state index is 5.66. The minimum atomic E-state index is -0.341. The minimum Gasteiger partial charge on any atom is -0.310 e. The molecule has 124 heavy (non-hydrogen) atoms. The van der Waals surface area contributed by atoms with Crippen LogP contribution in [0.4, 0.5) is 0 Å². The van der Waals surface area contributed by atoms with Crippen LogP contribution < -0.4 is 16.4 Å². The highest BCUT2D eigenvalue weighted by Crippen LogP contribution is 2.49. The van der Waals surface area contributed by atoms with E-state index in [-0.39, 0.29) is 39.2 Å². The fourth-order valence-electron chi connectivity index (χ4n) is 19.0. The average molecular weight is 1610 g/mol. The Kier molecular flexibility index (Phi) is 17.5. The van der Waals surface area contributed by atoms with Crippen molar-refractivity contribution in [1.29, 1.82) is 0 Å². The Morgan fingerprint density at radius 3 is 0.790 bits per heavy atom. The van der Waals surface area contributed by atoms with E-state index in [0.717, 1.165) is 143 Å². The number of fused-ring (bicyclic) bond motifs is 13. The van der Waals surface area contributed by atoms with Crippen LogP contribution in [0.5, 0.6) is 0 Å². The number of para-hydroxylation sites is 3. The smallest absolute Gasteiger partial charge is 0.252 e. The van der Waals surface area contributed by atoms with Crippen LogP contribution >= 0.6 is 0 Å². The van der Waals surface area contributed by atoms with Gasteiger partial charge < -0.3 is 13.7 Å². The molecule has 8 heterocycles. The molecule has 0 saturated carbocycles. The third-order valence-electron chi connectivity index (χ3n) is 25.9. The maximum absolute atomic E-state index is 5.66. The molecular weight excluding hydrogens is 1510 g/mol. The van der Waals surface area contributed by atoms with Gasteiger partial charge in [0.25, 0.3) is 6.71 Å². The predicted octanol–water partition coefficient (Wildman–Crippen LogP) is 25.5. The number of nitrogens with zero attached hydrogens (tertiary/aromatic N) is 12. The quantitative estimate of drug-likeness (QED) is 0.123. The summed E-state index contributed by atoms with van der Waals surface area (Å²) in [5.41, 5.74) is 28.2. The van der Waals surface area contributed by atoms with Gasteiger partial charge in [0.05, 0.1) is 44.5 Å². The van der Waals surface area contributed by atoms with Gasteiger partial charge in [-0.25, -0.2) is 44.9 Å². The van der Waals surface area contributed by atoms with Crippen molar-refractivity contribution >= 4 is 88.5 Å². The van der Waals surface area contributed by atoms with Gasteiger partial charge in [-0.15, -0.1) is 0 Å². The largest absolute Gasteiger partial charge is 0.310 e. The van der Waals surface area contributed by atoms with Crippen LogP contribution in [0.1, 0.15) is 158 Å². The minimum absolute atomic E-state index is 0.0482. The summed E-state index contributed by atoms with van der Waals surface area (Å²) in [5, 5.41) is 6.38. The Bertz CT molecular complexity index is 7370. The monoisotopic (exact) mass is 1610 g/mol. The topological polar surface area (TPSA) is 131 Å². The van der Waals surface area contributed by atoms with Crippen molar-refractivity contribution < 1.29 is 0 Å². The van der Waals surface area contributed by atoms with Crippen molar-refractivity contribution in [3.05, 3.63) is 306 Å². The summed E-state index contributed by atoms with van der Waals surface area (Å²) in [6.07, 6.45) is 0. The van der Waals surface area contributed by atoms with E-state index in [1.807, 2.05) is 0 Å². The zero-order valence-electron chi connectivity index (χ0n) is 73.9. The van der Waals surface area contributed by atoms with Gasteiger partial charge in [-0.05, 0) is 119 Å². The highest BCUT2D eigenvalue weighted by molar-refractivity contribution is 7.00. The van der Waals surface area contributed by atoms with Gasteiger partial charge in [0.1, 0.15) is 0 Å². The summed E-state index contributed by atoms with van der Waals surface area (Å²) in [6, 6.07) is 100. The third-order valence-corrected chi connectivity index (χ3v) is 25.9. The van der Waals surface area contributed by atoms with E-state index in [4.69, 9.17) is 44.9 Å². The van der Waals surface area contributed by atoms with Gasteiger partial charge in [-0.2, -0.15) is 0 Å². The Labute approximate surface area is 725 Å². The van der Waals surface area contributed by atoms with Gasteiger partial charge in [0.2, 0.25) is 0 Å². The predicted molar refractivity (Wildman–Crippen MR) is 515 cm³/mol. The summed E-state index contributed by atoms with van der Waals surface area (Å²) >= 11 is 0. The first kappa shape index (κ1) is 77.7. The molecule has 606 valence electrons. The van der Waals surface area contributed by atoms with Gasteiger partial charge in [0, 0.05) is 88.1 Å². The molecule has 6 aromatic heterocycles. The van der Waals surface area contributed by atoms with E-state index in [1.165, 1.54) is 38.8 Å². The fraction of sp³-hybridized carbons (Fsp3) is 0.216. The number of benzene rings is 13. The molecule has 2 aliphatic heterocycles. The van der Waals surface area contributed by atoms with E-state index in [0.29, 0.717) is 52.4 Å². The number of hydrogen-bond acceptors (Lipinski definition) is 9. The molecule has 0 spiro atoms. The molecule has 0 fully saturated rings. The Morgan fingerprint density at radius 1 is 0.210 bits per heavy atom. The highest BCUT2D eigenvalue weighted by Gasteiger charge is 2.44. The van der Waals surface area contributed by atoms with Crippen molar-refractivity contribution in [2.75, 3.05) is 0 Å². The molecule has 2 aliphatic rings. The number of rotatable bonds is 10. The lowest BCUT2D eigenvalue weighted by Gasteiger charge is -2.35. The third kappa shape index (κ3) is 12.8. The first-order chi connectivity index (χ1) is 59.3. The maximum Gasteiger partial charge on any atom is 0.252 e. The summed E-state index contributed by atoms with van der Waals surface area (Å²) in [7, 11) is 0. The fourth-order valence-corrected chi connectivity index (χ4v) is 19.0. The molecule has 13 aromatic carbocycles. The molecule has 19 aromatic rings. The van der Waals surface area contributed by atoms with Crippen LogP contribution in [0.25, 0.3) is 185 Å². The molecule has 0 amide bonds. The summed E-state index contributed by atoms with van der Waals surface area (Å²) in [6.45, 7) is 40.2. The second-order valence-electron chi connectivity index (χ2n) is 40.3. The molecule has 0 radical (unpaired) electrons. The summed E-state index contributed by atoms with van der Waals surface area (Å²) in [5.74, 6) is 5.39. The Morgan fingerprint density at radius 2 is 0.468 bits per heavy atom. The van der Waals surface area contributed by atoms with Gasteiger partial charge in [-0.1, -0.05) is 361 Å². The molecule has 12 nitrogen and oxygen atoms in total. The highest BCUT2D eigenvalue weighted by atomic mass is 15.1.